The summed E-state index contributed by atoms with van der Waals surface area (Å²) in [5, 5.41) is 2.22. The van der Waals surface area contributed by atoms with Crippen molar-refractivity contribution in [1.82, 2.24) is 5.32 Å². The molecule has 1 aliphatic heterocycles. The van der Waals surface area contributed by atoms with Gasteiger partial charge in [-0.1, -0.05) is 27.9 Å². The molecule has 0 saturated carbocycles. The quantitative estimate of drug-likeness (QED) is 0.384. The maximum atomic E-state index is 13.1. The second kappa shape index (κ2) is 9.49. The highest BCUT2D eigenvalue weighted by molar-refractivity contribution is 9.10. The van der Waals surface area contributed by atoms with Crippen molar-refractivity contribution >= 4 is 45.5 Å². The first-order valence-corrected chi connectivity index (χ1v) is 10.2. The number of ether oxygens (including phenoxy) is 2. The smallest absolute Gasteiger partial charge is 0.335 e. The third-order valence-corrected chi connectivity index (χ3v) is 4.88. The molecule has 0 bridgehead atoms. The van der Waals surface area contributed by atoms with Gasteiger partial charge in [-0.2, -0.15) is 0 Å². The average Bonchev–Trinajstić information content (AvgIpc) is 2.72. The number of nitrogens with one attached hydrogen (secondary N) is 1. The minimum atomic E-state index is -0.800. The second-order valence-corrected chi connectivity index (χ2v) is 7.44. The molecule has 7 nitrogen and oxygen atoms in total. The fourth-order valence-corrected chi connectivity index (χ4v) is 3.51. The molecule has 0 unspecified atom stereocenters. The molecule has 0 radical (unpaired) electrons. The van der Waals surface area contributed by atoms with Gasteiger partial charge in [0.1, 0.15) is 12.2 Å². The molecule has 1 fully saturated rings. The number of hydrogen-bond acceptors (Lipinski definition) is 5. The van der Waals surface area contributed by atoms with Crippen LogP contribution in [0.4, 0.5) is 10.5 Å². The Morgan fingerprint density at radius 3 is 2.58 bits per heavy atom. The lowest BCUT2D eigenvalue weighted by Gasteiger charge is -2.27. The maximum absolute atomic E-state index is 13.1. The molecule has 158 valence electrons. The van der Waals surface area contributed by atoms with E-state index in [1.807, 2.05) is 6.92 Å². The Bertz CT molecular complexity index is 1130. The summed E-state index contributed by atoms with van der Waals surface area (Å²) in [6.45, 7) is 4.05. The van der Waals surface area contributed by atoms with Crippen molar-refractivity contribution in [2.75, 3.05) is 18.1 Å². The third-order valence-electron chi connectivity index (χ3n) is 4.39. The van der Waals surface area contributed by atoms with Crippen molar-refractivity contribution < 1.29 is 23.9 Å². The Labute approximate surface area is 188 Å². The van der Waals surface area contributed by atoms with Gasteiger partial charge in [0.05, 0.1) is 12.3 Å². The highest BCUT2D eigenvalue weighted by Crippen LogP contribution is 2.31. The standard InChI is InChI=1S/C23H19BrN2O5/c1-4-10-31-19-9-6-15(13-20(19)30-5-2)12-17-21(27)25-23(29)26(22(17)28)18-8-7-16(24)11-14(18)3/h1,6-9,11-13H,5,10H2,2-3H3,(H,25,27,29)/b17-12-. The minimum absolute atomic E-state index is 0.0744. The van der Waals surface area contributed by atoms with Gasteiger partial charge in [0.15, 0.2) is 11.5 Å². The molecule has 0 aromatic heterocycles. The Morgan fingerprint density at radius 1 is 1.13 bits per heavy atom. The van der Waals surface area contributed by atoms with Gasteiger partial charge >= 0.3 is 6.03 Å². The number of urea groups is 1. The van der Waals surface area contributed by atoms with Crippen LogP contribution in [0.3, 0.4) is 0 Å². The first kappa shape index (κ1) is 22.1. The fourth-order valence-electron chi connectivity index (χ4n) is 3.03. The van der Waals surface area contributed by atoms with Crippen LogP contribution >= 0.6 is 15.9 Å². The predicted molar refractivity (Wildman–Crippen MR) is 120 cm³/mol. The number of amides is 4. The van der Waals surface area contributed by atoms with Crippen molar-refractivity contribution in [1.29, 1.82) is 0 Å². The van der Waals surface area contributed by atoms with E-state index in [0.717, 1.165) is 9.37 Å². The van der Waals surface area contributed by atoms with Gasteiger partial charge < -0.3 is 9.47 Å². The zero-order valence-electron chi connectivity index (χ0n) is 16.9. The molecule has 4 amide bonds. The van der Waals surface area contributed by atoms with Crippen LogP contribution < -0.4 is 19.7 Å². The number of barbiturate groups is 1. The molecule has 0 spiro atoms. The number of carbonyl (C=O) groups excluding carboxylic acids is 3. The lowest BCUT2D eigenvalue weighted by Crippen LogP contribution is -2.54. The molecule has 0 aliphatic carbocycles. The second-order valence-electron chi connectivity index (χ2n) is 6.52. The van der Waals surface area contributed by atoms with E-state index in [9.17, 15) is 14.4 Å². The zero-order valence-corrected chi connectivity index (χ0v) is 18.5. The predicted octanol–water partition coefficient (Wildman–Crippen LogP) is 3.83. The van der Waals surface area contributed by atoms with E-state index in [4.69, 9.17) is 15.9 Å². The molecule has 0 atom stereocenters. The minimum Gasteiger partial charge on any atom is -0.490 e. The van der Waals surface area contributed by atoms with Crippen molar-refractivity contribution in [3.63, 3.8) is 0 Å². The number of halogens is 1. The normalized spacial score (nSPS) is 15.0. The van der Waals surface area contributed by atoms with Gasteiger partial charge in [-0.3, -0.25) is 14.9 Å². The highest BCUT2D eigenvalue weighted by Gasteiger charge is 2.37. The topological polar surface area (TPSA) is 84.9 Å². The molecular formula is C23H19BrN2O5. The number of terminal acetylenes is 1. The maximum Gasteiger partial charge on any atom is 0.335 e. The van der Waals surface area contributed by atoms with Crippen LogP contribution in [-0.4, -0.2) is 31.1 Å². The van der Waals surface area contributed by atoms with Crippen LogP contribution in [-0.2, 0) is 9.59 Å². The molecule has 2 aromatic rings. The summed E-state index contributed by atoms with van der Waals surface area (Å²) in [4.78, 5) is 38.9. The van der Waals surface area contributed by atoms with E-state index < -0.39 is 17.8 Å². The van der Waals surface area contributed by atoms with E-state index in [0.29, 0.717) is 34.9 Å². The van der Waals surface area contributed by atoms with E-state index in [-0.39, 0.29) is 12.2 Å². The van der Waals surface area contributed by atoms with Crippen LogP contribution in [0.25, 0.3) is 6.08 Å². The molecule has 31 heavy (non-hydrogen) atoms. The van der Waals surface area contributed by atoms with Gasteiger partial charge in [-0.15, -0.1) is 6.42 Å². The van der Waals surface area contributed by atoms with Crippen LogP contribution in [0.5, 0.6) is 11.5 Å². The zero-order chi connectivity index (χ0) is 22.5. The molecule has 2 aromatic carbocycles. The molecular weight excluding hydrogens is 464 g/mol. The van der Waals surface area contributed by atoms with Gasteiger partial charge in [0.25, 0.3) is 11.8 Å². The Hall–Kier alpha value is -3.57. The Balaban J connectivity index is 2.00. The van der Waals surface area contributed by atoms with E-state index in [1.54, 1.807) is 43.3 Å². The van der Waals surface area contributed by atoms with Crippen molar-refractivity contribution in [2.24, 2.45) is 0 Å². The van der Waals surface area contributed by atoms with Crippen LogP contribution in [0.15, 0.2) is 46.4 Å². The first-order chi connectivity index (χ1) is 14.8. The highest BCUT2D eigenvalue weighted by atomic mass is 79.9. The van der Waals surface area contributed by atoms with Gasteiger partial charge in [-0.05, 0) is 61.4 Å². The van der Waals surface area contributed by atoms with Gasteiger partial charge in [0, 0.05) is 4.47 Å². The number of hydrogen-bond donors (Lipinski definition) is 1. The summed E-state index contributed by atoms with van der Waals surface area (Å²) in [7, 11) is 0. The average molecular weight is 483 g/mol. The largest absolute Gasteiger partial charge is 0.490 e. The molecule has 1 saturated heterocycles. The summed E-state index contributed by atoms with van der Waals surface area (Å²) in [5.41, 5.74) is 1.43. The summed E-state index contributed by atoms with van der Waals surface area (Å²) in [6, 6.07) is 9.26. The van der Waals surface area contributed by atoms with Crippen LogP contribution in [0.2, 0.25) is 0 Å². The van der Waals surface area contributed by atoms with Crippen LogP contribution in [0, 0.1) is 19.3 Å². The lowest BCUT2D eigenvalue weighted by molar-refractivity contribution is -0.122. The van der Waals surface area contributed by atoms with E-state index >= 15 is 0 Å². The number of carbonyl (C=O) groups is 3. The number of imide groups is 2. The van der Waals surface area contributed by atoms with Crippen molar-refractivity contribution in [3.05, 3.63) is 57.6 Å². The number of aryl methyl sites for hydroxylation is 1. The van der Waals surface area contributed by atoms with E-state index in [2.05, 4.69) is 27.2 Å². The Kier molecular flexibility index (Phi) is 6.78. The van der Waals surface area contributed by atoms with E-state index in [1.165, 1.54) is 6.08 Å². The summed E-state index contributed by atoms with van der Waals surface area (Å²) in [5.74, 6) is 1.76. The first-order valence-electron chi connectivity index (χ1n) is 9.36. The fraction of sp³-hybridized carbons (Fsp3) is 0.174. The SMILES string of the molecule is C#CCOc1ccc(/C=C2/C(=O)NC(=O)N(c3ccc(Br)cc3C)C2=O)cc1OCC. The van der Waals surface area contributed by atoms with Gasteiger partial charge in [0.2, 0.25) is 0 Å². The number of nitrogens with zero attached hydrogens (tertiary/aromatic N) is 1. The number of benzene rings is 2. The summed E-state index contributed by atoms with van der Waals surface area (Å²) >= 11 is 3.35. The third kappa shape index (κ3) is 4.78. The Morgan fingerprint density at radius 2 is 1.90 bits per heavy atom. The summed E-state index contributed by atoms with van der Waals surface area (Å²) in [6.07, 6.45) is 6.64. The molecule has 1 N–H and O–H groups in total. The van der Waals surface area contributed by atoms with Gasteiger partial charge in [-0.25, -0.2) is 9.69 Å². The molecule has 1 aliphatic rings. The van der Waals surface area contributed by atoms with Crippen molar-refractivity contribution in [3.8, 4) is 23.8 Å². The monoisotopic (exact) mass is 482 g/mol. The molecule has 3 rings (SSSR count). The number of anilines is 1. The van der Waals surface area contributed by atoms with Crippen LogP contribution in [0.1, 0.15) is 18.1 Å². The lowest BCUT2D eigenvalue weighted by atomic mass is 10.1. The number of rotatable bonds is 6. The molecule has 1 heterocycles. The van der Waals surface area contributed by atoms with Crippen molar-refractivity contribution in [2.45, 2.75) is 13.8 Å². The summed E-state index contributed by atoms with van der Waals surface area (Å²) < 4.78 is 11.8. The molecule has 8 heteroatoms.